The zero-order valence-electron chi connectivity index (χ0n) is 17.4. The average molecular weight is 442 g/mol. The molecule has 7 nitrogen and oxygen atoms in total. The second-order valence-electron chi connectivity index (χ2n) is 7.35. The summed E-state index contributed by atoms with van der Waals surface area (Å²) in [6.07, 6.45) is 0.407. The molecule has 2 aromatic carbocycles. The number of nitrogens with one attached hydrogen (secondary N) is 1. The lowest BCUT2D eigenvalue weighted by Crippen LogP contribution is -2.46. The number of imide groups is 1. The molecule has 0 aliphatic carbocycles. The number of hydrogen-bond donors (Lipinski definition) is 1. The van der Waals surface area contributed by atoms with E-state index >= 15 is 0 Å². The predicted octanol–water partition coefficient (Wildman–Crippen LogP) is 2.88. The van der Waals surface area contributed by atoms with E-state index in [4.69, 9.17) is 11.6 Å². The largest absolute Gasteiger partial charge is 0.357 e. The first kappa shape index (κ1) is 22.5. The number of fused-ring (bicyclic) bond motifs is 1. The molecular formula is C23H24ClN3O4. The third-order valence-corrected chi connectivity index (χ3v) is 5.58. The Morgan fingerprint density at radius 1 is 1.03 bits per heavy atom. The molecule has 3 rings (SSSR count). The van der Waals surface area contributed by atoms with Crippen molar-refractivity contribution < 1.29 is 19.2 Å². The van der Waals surface area contributed by atoms with Gasteiger partial charge in [0, 0.05) is 31.6 Å². The fourth-order valence-electron chi connectivity index (χ4n) is 3.55. The van der Waals surface area contributed by atoms with E-state index in [9.17, 15) is 19.2 Å². The second kappa shape index (κ2) is 9.75. The topological polar surface area (TPSA) is 86.8 Å². The van der Waals surface area contributed by atoms with Crippen LogP contribution in [0.3, 0.4) is 0 Å². The summed E-state index contributed by atoms with van der Waals surface area (Å²) in [5.41, 5.74) is 1.61. The fourth-order valence-corrected chi connectivity index (χ4v) is 3.68. The number of nitrogens with zero attached hydrogens (tertiary/aromatic N) is 2. The molecule has 0 fully saturated rings. The number of benzene rings is 2. The van der Waals surface area contributed by atoms with Crippen LogP contribution in [0.1, 0.15) is 46.0 Å². The van der Waals surface area contributed by atoms with Crippen LogP contribution in [0.15, 0.2) is 48.5 Å². The zero-order valence-corrected chi connectivity index (χ0v) is 18.2. The van der Waals surface area contributed by atoms with Crippen molar-refractivity contribution in [2.45, 2.75) is 32.4 Å². The molecule has 0 unspecified atom stereocenters. The highest BCUT2D eigenvalue weighted by atomic mass is 35.5. The van der Waals surface area contributed by atoms with Gasteiger partial charge in [0.2, 0.25) is 11.8 Å². The summed E-state index contributed by atoms with van der Waals surface area (Å²) in [4.78, 5) is 52.7. The molecule has 0 aromatic heterocycles. The van der Waals surface area contributed by atoms with Crippen molar-refractivity contribution in [2.75, 3.05) is 13.6 Å². The summed E-state index contributed by atoms with van der Waals surface area (Å²) >= 11 is 5.93. The third-order valence-electron chi connectivity index (χ3n) is 5.33. The van der Waals surface area contributed by atoms with Gasteiger partial charge in [0.25, 0.3) is 11.8 Å². The number of rotatable bonds is 8. The highest BCUT2D eigenvalue weighted by molar-refractivity contribution is 6.30. The lowest BCUT2D eigenvalue weighted by atomic mass is 10.1. The predicted molar refractivity (Wildman–Crippen MR) is 117 cm³/mol. The third kappa shape index (κ3) is 4.94. The van der Waals surface area contributed by atoms with Crippen LogP contribution in [0.2, 0.25) is 5.02 Å². The van der Waals surface area contributed by atoms with Gasteiger partial charge in [0.05, 0.1) is 11.1 Å². The van der Waals surface area contributed by atoms with E-state index in [-0.39, 0.29) is 43.1 Å². The number of hydrogen-bond acceptors (Lipinski definition) is 4. The molecule has 0 spiro atoms. The molecule has 0 bridgehead atoms. The summed E-state index contributed by atoms with van der Waals surface area (Å²) < 4.78 is 0. The first-order valence-corrected chi connectivity index (χ1v) is 10.4. The summed E-state index contributed by atoms with van der Waals surface area (Å²) in [5.74, 6) is -1.19. The molecule has 4 amide bonds. The van der Waals surface area contributed by atoms with Crippen LogP contribution >= 0.6 is 11.6 Å². The van der Waals surface area contributed by atoms with Gasteiger partial charge in [-0.25, -0.2) is 0 Å². The van der Waals surface area contributed by atoms with E-state index in [0.717, 1.165) is 5.56 Å². The van der Waals surface area contributed by atoms with E-state index in [1.165, 1.54) is 16.8 Å². The Morgan fingerprint density at radius 2 is 1.61 bits per heavy atom. The summed E-state index contributed by atoms with van der Waals surface area (Å²) in [6, 6.07) is 13.1. The lowest BCUT2D eigenvalue weighted by molar-refractivity contribution is -0.140. The van der Waals surface area contributed by atoms with E-state index in [2.05, 4.69) is 5.32 Å². The standard InChI is InChI=1S/C23H24ClN3O4/c1-15(21(29)25-2)27(14-16-9-11-17(24)12-10-16)20(28)8-5-13-26-22(30)18-6-3-4-7-19(18)23(26)31/h3-4,6-7,9-12,15H,5,8,13-14H2,1-2H3,(H,25,29)/t15-/m0/s1. The van der Waals surface area contributed by atoms with Crippen molar-refractivity contribution >= 4 is 35.2 Å². The van der Waals surface area contributed by atoms with Gasteiger partial charge in [-0.1, -0.05) is 35.9 Å². The zero-order chi connectivity index (χ0) is 22.5. The van der Waals surface area contributed by atoms with Crippen LogP contribution in [-0.4, -0.2) is 53.1 Å². The minimum Gasteiger partial charge on any atom is -0.357 e. The molecule has 31 heavy (non-hydrogen) atoms. The lowest BCUT2D eigenvalue weighted by Gasteiger charge is -2.28. The normalized spacial score (nSPS) is 13.7. The van der Waals surface area contributed by atoms with Gasteiger partial charge in [0.1, 0.15) is 6.04 Å². The highest BCUT2D eigenvalue weighted by Gasteiger charge is 2.35. The maximum absolute atomic E-state index is 13.0. The maximum atomic E-state index is 13.0. The molecule has 0 saturated carbocycles. The molecule has 1 heterocycles. The van der Waals surface area contributed by atoms with Gasteiger partial charge in [-0.15, -0.1) is 0 Å². The van der Waals surface area contributed by atoms with E-state index in [0.29, 0.717) is 22.6 Å². The van der Waals surface area contributed by atoms with Crippen molar-refractivity contribution in [1.29, 1.82) is 0 Å². The van der Waals surface area contributed by atoms with Gasteiger partial charge in [-0.2, -0.15) is 0 Å². The van der Waals surface area contributed by atoms with Crippen LogP contribution in [0.4, 0.5) is 0 Å². The number of carbonyl (C=O) groups is 4. The molecule has 2 aromatic rings. The van der Waals surface area contributed by atoms with Crippen molar-refractivity contribution in [3.8, 4) is 0 Å². The van der Waals surface area contributed by atoms with E-state index < -0.39 is 6.04 Å². The van der Waals surface area contributed by atoms with Crippen LogP contribution in [0.5, 0.6) is 0 Å². The first-order valence-electron chi connectivity index (χ1n) is 10.0. The molecule has 162 valence electrons. The minimum atomic E-state index is -0.674. The Morgan fingerprint density at radius 3 is 2.16 bits per heavy atom. The molecular weight excluding hydrogens is 418 g/mol. The molecule has 1 N–H and O–H groups in total. The van der Waals surface area contributed by atoms with E-state index in [1.807, 2.05) is 0 Å². The van der Waals surface area contributed by atoms with Crippen molar-refractivity contribution in [3.63, 3.8) is 0 Å². The first-order chi connectivity index (χ1) is 14.8. The van der Waals surface area contributed by atoms with Crippen LogP contribution in [0.25, 0.3) is 0 Å². The SMILES string of the molecule is CNC(=O)[C@H](C)N(Cc1ccc(Cl)cc1)C(=O)CCCN1C(=O)c2ccccc2C1=O. The van der Waals surface area contributed by atoms with Crippen LogP contribution in [0, 0.1) is 0 Å². The van der Waals surface area contributed by atoms with Crippen molar-refractivity contribution in [3.05, 3.63) is 70.2 Å². The Kier molecular flexibility index (Phi) is 7.07. The smallest absolute Gasteiger partial charge is 0.261 e. The molecule has 0 saturated heterocycles. The van der Waals surface area contributed by atoms with Gasteiger partial charge in [0.15, 0.2) is 0 Å². The van der Waals surface area contributed by atoms with Gasteiger partial charge >= 0.3 is 0 Å². The molecule has 0 radical (unpaired) electrons. The van der Waals surface area contributed by atoms with Crippen LogP contribution in [-0.2, 0) is 16.1 Å². The number of carbonyl (C=O) groups excluding carboxylic acids is 4. The molecule has 1 atom stereocenters. The Balaban J connectivity index is 1.65. The Labute approximate surface area is 186 Å². The number of amides is 4. The Bertz CT molecular complexity index is 971. The summed E-state index contributed by atoms with van der Waals surface area (Å²) in [7, 11) is 1.52. The van der Waals surface area contributed by atoms with Gasteiger partial charge in [-0.05, 0) is 43.2 Å². The number of halogens is 1. The van der Waals surface area contributed by atoms with Crippen LogP contribution < -0.4 is 5.32 Å². The van der Waals surface area contributed by atoms with Gasteiger partial charge in [-0.3, -0.25) is 24.1 Å². The Hall–Kier alpha value is -3.19. The summed E-state index contributed by atoms with van der Waals surface area (Å²) in [5, 5.41) is 3.15. The van der Waals surface area contributed by atoms with Crippen molar-refractivity contribution in [2.24, 2.45) is 0 Å². The maximum Gasteiger partial charge on any atom is 0.261 e. The highest BCUT2D eigenvalue weighted by Crippen LogP contribution is 2.23. The number of likely N-dealkylation sites (N-methyl/N-ethyl adjacent to an activating group) is 1. The average Bonchev–Trinajstić information content (AvgIpc) is 3.02. The quantitative estimate of drug-likeness (QED) is 0.638. The van der Waals surface area contributed by atoms with E-state index in [1.54, 1.807) is 55.5 Å². The van der Waals surface area contributed by atoms with Gasteiger partial charge < -0.3 is 10.2 Å². The molecule has 1 aliphatic rings. The molecule has 8 heteroatoms. The monoisotopic (exact) mass is 441 g/mol. The summed E-state index contributed by atoms with van der Waals surface area (Å²) in [6.45, 7) is 2.05. The molecule has 1 aliphatic heterocycles. The fraction of sp³-hybridized carbons (Fsp3) is 0.304. The minimum absolute atomic E-state index is 0.0995. The second-order valence-corrected chi connectivity index (χ2v) is 7.79. The van der Waals surface area contributed by atoms with Crippen molar-refractivity contribution in [1.82, 2.24) is 15.1 Å².